The van der Waals surface area contributed by atoms with Crippen LogP contribution in [0, 0.1) is 6.92 Å². The van der Waals surface area contributed by atoms with Gasteiger partial charge in [-0.2, -0.15) is 0 Å². The Hall–Kier alpha value is -0.820. The minimum atomic E-state index is 0.313. The van der Waals surface area contributed by atoms with Crippen LogP contribution in [0.25, 0.3) is 0 Å². The van der Waals surface area contributed by atoms with Crippen LogP contribution in [0.5, 0.6) is 0 Å². The Kier molecular flexibility index (Phi) is 2.83. The third-order valence-electron chi connectivity index (χ3n) is 3.88. The first-order valence-electron chi connectivity index (χ1n) is 5.90. The average Bonchev–Trinajstić information content (AvgIpc) is 2.69. The van der Waals surface area contributed by atoms with Crippen molar-refractivity contribution in [3.8, 4) is 0 Å². The van der Waals surface area contributed by atoms with Crippen molar-refractivity contribution < 1.29 is 0 Å². The van der Waals surface area contributed by atoms with E-state index >= 15 is 0 Å². The summed E-state index contributed by atoms with van der Waals surface area (Å²) in [5, 5.41) is 0. The molecule has 0 aliphatic heterocycles. The maximum absolute atomic E-state index is 2.41. The highest BCUT2D eigenvalue weighted by Crippen LogP contribution is 2.42. The second kappa shape index (κ2) is 3.97. The molecule has 0 heterocycles. The molecule has 1 aromatic rings. The molecule has 0 saturated heterocycles. The van der Waals surface area contributed by atoms with Crippen molar-refractivity contribution in [3.63, 3.8) is 0 Å². The lowest BCUT2D eigenvalue weighted by Crippen LogP contribution is -2.38. The predicted molar refractivity (Wildman–Crippen MR) is 65.0 cm³/mol. The number of benzene rings is 1. The molecule has 1 aliphatic carbocycles. The highest BCUT2D eigenvalue weighted by molar-refractivity contribution is 5.29. The maximum atomic E-state index is 2.41. The molecule has 0 radical (unpaired) electrons. The van der Waals surface area contributed by atoms with E-state index in [0.717, 1.165) is 0 Å². The zero-order valence-electron chi connectivity index (χ0n) is 10.1. The summed E-state index contributed by atoms with van der Waals surface area (Å²) in [7, 11) is 4.43. The minimum Gasteiger partial charge on any atom is -0.300 e. The fraction of sp³-hybridized carbons (Fsp3) is 0.571. The summed E-state index contributed by atoms with van der Waals surface area (Å²) in [5.41, 5.74) is 3.16. The van der Waals surface area contributed by atoms with E-state index in [9.17, 15) is 0 Å². The van der Waals surface area contributed by atoms with Crippen LogP contribution in [0.4, 0.5) is 0 Å². The second-order valence-electron chi connectivity index (χ2n) is 5.00. The van der Waals surface area contributed by atoms with Crippen molar-refractivity contribution in [2.24, 2.45) is 0 Å². The molecule has 1 heteroatoms. The summed E-state index contributed by atoms with van der Waals surface area (Å²) in [4.78, 5) is 2.41. The fourth-order valence-electron chi connectivity index (χ4n) is 2.82. The zero-order valence-corrected chi connectivity index (χ0v) is 10.1. The number of nitrogens with zero attached hydrogens (tertiary/aromatic N) is 1. The molecule has 0 N–H and O–H groups in total. The summed E-state index contributed by atoms with van der Waals surface area (Å²) >= 11 is 0. The first-order valence-corrected chi connectivity index (χ1v) is 5.90. The molecule has 1 nitrogen and oxygen atoms in total. The Morgan fingerprint density at radius 3 is 2.00 bits per heavy atom. The first kappa shape index (κ1) is 10.7. The van der Waals surface area contributed by atoms with Crippen molar-refractivity contribution in [1.29, 1.82) is 0 Å². The topological polar surface area (TPSA) is 3.24 Å². The molecule has 0 amide bonds. The van der Waals surface area contributed by atoms with Crippen molar-refractivity contribution in [2.45, 2.75) is 38.1 Å². The standard InChI is InChI=1S/C14H21N/c1-12-6-8-13(9-7-12)14(15(2)3)10-4-5-11-14/h6-9H,4-5,10-11H2,1-3H3. The number of aryl methyl sites for hydroxylation is 1. The molecule has 82 valence electrons. The van der Waals surface area contributed by atoms with Gasteiger partial charge in [-0.3, -0.25) is 4.90 Å². The average molecular weight is 203 g/mol. The summed E-state index contributed by atoms with van der Waals surface area (Å²) in [6.45, 7) is 2.15. The van der Waals surface area contributed by atoms with Crippen LogP contribution in [0.15, 0.2) is 24.3 Å². The van der Waals surface area contributed by atoms with E-state index in [0.29, 0.717) is 5.54 Å². The third kappa shape index (κ3) is 1.81. The highest BCUT2D eigenvalue weighted by Gasteiger charge is 2.37. The van der Waals surface area contributed by atoms with Crippen LogP contribution >= 0.6 is 0 Å². The molecular weight excluding hydrogens is 182 g/mol. The van der Waals surface area contributed by atoms with Crippen molar-refractivity contribution in [2.75, 3.05) is 14.1 Å². The van der Waals surface area contributed by atoms with Gasteiger partial charge in [0.25, 0.3) is 0 Å². The molecule has 1 fully saturated rings. The molecule has 1 aliphatic rings. The molecular formula is C14H21N. The summed E-state index contributed by atoms with van der Waals surface area (Å²) < 4.78 is 0. The predicted octanol–water partition coefficient (Wildman–Crippen LogP) is 3.33. The smallest absolute Gasteiger partial charge is 0.0454 e. The van der Waals surface area contributed by atoms with E-state index < -0.39 is 0 Å². The summed E-state index contributed by atoms with van der Waals surface area (Å²) in [6.07, 6.45) is 5.35. The van der Waals surface area contributed by atoms with Gasteiger partial charge in [-0.25, -0.2) is 0 Å². The fourth-order valence-corrected chi connectivity index (χ4v) is 2.82. The van der Waals surface area contributed by atoms with Gasteiger partial charge in [-0.05, 0) is 39.4 Å². The molecule has 0 atom stereocenters. The highest BCUT2D eigenvalue weighted by atomic mass is 15.1. The Bertz CT molecular complexity index is 318. The number of hydrogen-bond acceptors (Lipinski definition) is 1. The van der Waals surface area contributed by atoms with Crippen molar-refractivity contribution >= 4 is 0 Å². The molecule has 1 aromatic carbocycles. The Balaban J connectivity index is 2.36. The van der Waals surface area contributed by atoms with E-state index in [1.165, 1.54) is 36.8 Å². The van der Waals surface area contributed by atoms with Gasteiger partial charge in [0.05, 0.1) is 0 Å². The Morgan fingerprint density at radius 2 is 1.53 bits per heavy atom. The number of hydrogen-bond donors (Lipinski definition) is 0. The molecule has 0 unspecified atom stereocenters. The van der Waals surface area contributed by atoms with Gasteiger partial charge >= 0.3 is 0 Å². The van der Waals surface area contributed by atoms with Gasteiger partial charge < -0.3 is 0 Å². The van der Waals surface area contributed by atoms with Crippen LogP contribution in [0.2, 0.25) is 0 Å². The van der Waals surface area contributed by atoms with Crippen LogP contribution in [-0.4, -0.2) is 19.0 Å². The molecule has 0 bridgehead atoms. The molecule has 2 rings (SSSR count). The molecule has 1 saturated carbocycles. The van der Waals surface area contributed by atoms with Gasteiger partial charge in [-0.15, -0.1) is 0 Å². The van der Waals surface area contributed by atoms with E-state index in [1.807, 2.05) is 0 Å². The third-order valence-corrected chi connectivity index (χ3v) is 3.88. The molecule has 0 spiro atoms. The van der Waals surface area contributed by atoms with Crippen LogP contribution in [0.3, 0.4) is 0 Å². The van der Waals surface area contributed by atoms with Crippen molar-refractivity contribution in [1.82, 2.24) is 4.90 Å². The normalized spacial score (nSPS) is 19.7. The van der Waals surface area contributed by atoms with Gasteiger partial charge in [0.2, 0.25) is 0 Å². The van der Waals surface area contributed by atoms with Gasteiger partial charge in [0.1, 0.15) is 0 Å². The van der Waals surface area contributed by atoms with Gasteiger partial charge in [-0.1, -0.05) is 42.7 Å². The van der Waals surface area contributed by atoms with Gasteiger partial charge in [0.15, 0.2) is 0 Å². The molecule has 0 aromatic heterocycles. The lowest BCUT2D eigenvalue weighted by molar-refractivity contribution is 0.158. The minimum absolute atomic E-state index is 0.313. The Morgan fingerprint density at radius 1 is 1.00 bits per heavy atom. The summed E-state index contributed by atoms with van der Waals surface area (Å²) in [6, 6.07) is 9.08. The quantitative estimate of drug-likeness (QED) is 0.712. The van der Waals surface area contributed by atoms with E-state index in [1.54, 1.807) is 0 Å². The lowest BCUT2D eigenvalue weighted by atomic mass is 9.86. The number of rotatable bonds is 2. The monoisotopic (exact) mass is 203 g/mol. The maximum Gasteiger partial charge on any atom is 0.0454 e. The lowest BCUT2D eigenvalue weighted by Gasteiger charge is -2.37. The Labute approximate surface area is 93.1 Å². The van der Waals surface area contributed by atoms with Crippen molar-refractivity contribution in [3.05, 3.63) is 35.4 Å². The second-order valence-corrected chi connectivity index (χ2v) is 5.00. The first-order chi connectivity index (χ1) is 7.15. The zero-order chi connectivity index (χ0) is 10.9. The molecule has 15 heavy (non-hydrogen) atoms. The van der Waals surface area contributed by atoms with Crippen LogP contribution < -0.4 is 0 Å². The van der Waals surface area contributed by atoms with E-state index in [2.05, 4.69) is 50.2 Å². The van der Waals surface area contributed by atoms with Crippen LogP contribution in [0.1, 0.15) is 36.8 Å². The summed E-state index contributed by atoms with van der Waals surface area (Å²) in [5.74, 6) is 0. The SMILES string of the molecule is Cc1ccc(C2(N(C)C)CCCC2)cc1. The van der Waals surface area contributed by atoms with E-state index in [-0.39, 0.29) is 0 Å². The largest absolute Gasteiger partial charge is 0.300 e. The van der Waals surface area contributed by atoms with Crippen LogP contribution in [-0.2, 0) is 5.54 Å². The van der Waals surface area contributed by atoms with E-state index in [4.69, 9.17) is 0 Å². The van der Waals surface area contributed by atoms with Gasteiger partial charge in [0, 0.05) is 5.54 Å².